The van der Waals surface area contributed by atoms with Crippen LogP contribution in [0.25, 0.3) is 0 Å². The van der Waals surface area contributed by atoms with E-state index in [-0.39, 0.29) is 16.7 Å². The Kier molecular flexibility index (Phi) is 4.65. The number of nitro groups is 1. The lowest BCUT2D eigenvalue weighted by Crippen LogP contribution is -2.42. The lowest BCUT2D eigenvalue weighted by atomic mass is 10.0. The maximum atomic E-state index is 12.0. The van der Waals surface area contributed by atoms with Gasteiger partial charge in [-0.2, -0.15) is 0 Å². The molecule has 1 fully saturated rings. The third-order valence-corrected chi connectivity index (χ3v) is 5.68. The number of piperidine rings is 1. The van der Waals surface area contributed by atoms with Crippen molar-refractivity contribution in [1.82, 2.24) is 14.9 Å². The summed E-state index contributed by atoms with van der Waals surface area (Å²) in [5.41, 5.74) is 2.18. The molecule has 1 aromatic carbocycles. The van der Waals surface area contributed by atoms with Crippen molar-refractivity contribution in [3.63, 3.8) is 0 Å². The topological polar surface area (TPSA) is 78.6 Å². The van der Waals surface area contributed by atoms with E-state index in [1.807, 2.05) is 35.0 Å². The number of rotatable bonds is 4. The van der Waals surface area contributed by atoms with Crippen LogP contribution in [-0.2, 0) is 6.42 Å². The molecule has 0 spiro atoms. The first-order valence-corrected chi connectivity index (χ1v) is 9.32. The number of nitrogens with zero attached hydrogens (tertiary/aromatic N) is 6. The molecule has 0 radical (unpaired) electrons. The smallest absolute Gasteiger partial charge is 0.351 e. The van der Waals surface area contributed by atoms with Gasteiger partial charge in [0.2, 0.25) is 11.6 Å². The molecule has 0 amide bonds. The van der Waals surface area contributed by atoms with Gasteiger partial charge in [-0.15, -0.1) is 0 Å². The van der Waals surface area contributed by atoms with Gasteiger partial charge in [-0.1, -0.05) is 18.2 Å². The maximum absolute atomic E-state index is 12.0. The summed E-state index contributed by atoms with van der Waals surface area (Å²) in [7, 11) is 4.01. The van der Waals surface area contributed by atoms with Crippen LogP contribution in [0.3, 0.4) is 0 Å². The van der Waals surface area contributed by atoms with Gasteiger partial charge >= 0.3 is 5.69 Å². The second kappa shape index (κ2) is 7.11. The second-order valence-corrected chi connectivity index (χ2v) is 7.30. The Morgan fingerprint density at radius 2 is 1.93 bits per heavy atom. The largest absolute Gasteiger partial charge is 0.353 e. The lowest BCUT2D eigenvalue weighted by Gasteiger charge is -2.35. The molecule has 0 atom stereocenters. The molecule has 3 heterocycles. The third-order valence-electron chi connectivity index (χ3n) is 5.68. The van der Waals surface area contributed by atoms with E-state index in [0.29, 0.717) is 18.2 Å². The van der Waals surface area contributed by atoms with Crippen molar-refractivity contribution in [3.8, 4) is 0 Å². The Morgan fingerprint density at radius 1 is 1.19 bits per heavy atom. The Labute approximate surface area is 158 Å². The highest BCUT2D eigenvalue weighted by molar-refractivity contribution is 5.78. The molecule has 4 rings (SSSR count). The molecule has 0 N–H and O–H groups in total. The van der Waals surface area contributed by atoms with Gasteiger partial charge in [0.05, 0.1) is 4.92 Å². The van der Waals surface area contributed by atoms with Crippen molar-refractivity contribution in [3.05, 3.63) is 46.3 Å². The normalized spacial score (nSPS) is 17.8. The number of anilines is 3. The van der Waals surface area contributed by atoms with Crippen LogP contribution in [0.1, 0.15) is 18.4 Å². The highest BCUT2D eigenvalue weighted by Crippen LogP contribution is 2.41. The first kappa shape index (κ1) is 17.7. The predicted molar refractivity (Wildman–Crippen MR) is 105 cm³/mol. The fraction of sp³-hybridized carbons (Fsp3) is 0.474. The van der Waals surface area contributed by atoms with E-state index in [4.69, 9.17) is 0 Å². The molecule has 8 heteroatoms. The minimum Gasteiger partial charge on any atom is -0.351 e. The van der Waals surface area contributed by atoms with Gasteiger partial charge in [0, 0.05) is 25.3 Å². The molecule has 142 valence electrons. The molecular weight excluding hydrogens is 344 g/mol. The van der Waals surface area contributed by atoms with Crippen molar-refractivity contribution in [1.29, 1.82) is 0 Å². The van der Waals surface area contributed by atoms with Crippen LogP contribution >= 0.6 is 0 Å². The zero-order chi connectivity index (χ0) is 19.0. The second-order valence-electron chi connectivity index (χ2n) is 7.30. The monoisotopic (exact) mass is 368 g/mol. The van der Waals surface area contributed by atoms with Crippen LogP contribution in [0.5, 0.6) is 0 Å². The van der Waals surface area contributed by atoms with Gasteiger partial charge in [-0.3, -0.25) is 10.1 Å². The van der Waals surface area contributed by atoms with Crippen molar-refractivity contribution in [2.24, 2.45) is 0 Å². The van der Waals surface area contributed by atoms with Gasteiger partial charge in [0.25, 0.3) is 0 Å². The number of likely N-dealkylation sites (tertiary alicyclic amines) is 1. The molecule has 8 nitrogen and oxygen atoms in total. The summed E-state index contributed by atoms with van der Waals surface area (Å²) >= 11 is 0. The summed E-state index contributed by atoms with van der Waals surface area (Å²) in [5, 5.41) is 12.0. The van der Waals surface area contributed by atoms with Gasteiger partial charge in [-0.05, 0) is 51.0 Å². The summed E-state index contributed by atoms with van der Waals surface area (Å²) < 4.78 is 0. The van der Waals surface area contributed by atoms with Crippen molar-refractivity contribution in [2.75, 3.05) is 43.5 Å². The van der Waals surface area contributed by atoms with Crippen LogP contribution in [0, 0.1) is 10.1 Å². The van der Waals surface area contributed by atoms with E-state index in [9.17, 15) is 10.1 Å². The summed E-state index contributed by atoms with van der Waals surface area (Å²) in [4.78, 5) is 26.5. The quantitative estimate of drug-likeness (QED) is 0.606. The minimum absolute atomic E-state index is 0.00405. The lowest BCUT2D eigenvalue weighted by molar-refractivity contribution is -0.383. The number of aromatic nitrogens is 2. The van der Waals surface area contributed by atoms with Crippen LogP contribution in [0.2, 0.25) is 0 Å². The van der Waals surface area contributed by atoms with E-state index in [1.165, 1.54) is 11.9 Å². The molecule has 2 aliphatic rings. The average molecular weight is 368 g/mol. The van der Waals surface area contributed by atoms with Crippen LogP contribution in [0.15, 0.2) is 30.6 Å². The van der Waals surface area contributed by atoms with Crippen molar-refractivity contribution in [2.45, 2.75) is 25.3 Å². The number of fused-ring (bicyclic) bond motifs is 1. The van der Waals surface area contributed by atoms with E-state index < -0.39 is 0 Å². The Bertz CT molecular complexity index is 850. The molecule has 0 saturated carbocycles. The Balaban J connectivity index is 1.72. The SMILES string of the molecule is CN1CCC(N(C)c2ncnc(N3CCc4ccccc43)c2[N+](=O)[O-])CC1. The molecule has 0 bridgehead atoms. The van der Waals surface area contributed by atoms with Gasteiger partial charge in [0.1, 0.15) is 6.33 Å². The first-order chi connectivity index (χ1) is 13.1. The number of para-hydroxylation sites is 1. The summed E-state index contributed by atoms with van der Waals surface area (Å²) in [6.45, 7) is 2.66. The first-order valence-electron chi connectivity index (χ1n) is 9.32. The predicted octanol–water partition coefficient (Wildman–Crippen LogP) is 2.61. The highest BCUT2D eigenvalue weighted by Gasteiger charge is 2.34. The number of hydrogen-bond acceptors (Lipinski definition) is 7. The van der Waals surface area contributed by atoms with Crippen LogP contribution in [-0.4, -0.2) is 59.6 Å². The number of hydrogen-bond donors (Lipinski definition) is 0. The maximum Gasteiger partial charge on any atom is 0.353 e. The molecule has 0 aliphatic carbocycles. The minimum atomic E-state index is -0.336. The fourth-order valence-corrected chi connectivity index (χ4v) is 4.09. The average Bonchev–Trinajstić information content (AvgIpc) is 3.11. The van der Waals surface area contributed by atoms with Gasteiger partial charge in [0.15, 0.2) is 0 Å². The van der Waals surface area contributed by atoms with Gasteiger partial charge in [-0.25, -0.2) is 9.97 Å². The van der Waals surface area contributed by atoms with Crippen molar-refractivity contribution >= 4 is 23.0 Å². The molecular formula is C19H24N6O2. The van der Waals surface area contributed by atoms with E-state index in [0.717, 1.165) is 38.0 Å². The van der Waals surface area contributed by atoms with Crippen LogP contribution < -0.4 is 9.80 Å². The standard InChI is InChI=1S/C19H24N6O2/c1-22-10-8-15(9-11-22)23(2)18-17(25(26)27)19(21-13-20-18)24-12-7-14-5-3-4-6-16(14)24/h3-6,13,15H,7-12H2,1-2H3. The Morgan fingerprint density at radius 3 is 2.67 bits per heavy atom. The number of benzene rings is 1. The summed E-state index contributed by atoms with van der Waals surface area (Å²) in [6, 6.07) is 8.25. The Hall–Kier alpha value is -2.74. The molecule has 2 aliphatic heterocycles. The van der Waals surface area contributed by atoms with Gasteiger partial charge < -0.3 is 14.7 Å². The fourth-order valence-electron chi connectivity index (χ4n) is 4.09. The third kappa shape index (κ3) is 3.21. The van der Waals surface area contributed by atoms with Crippen molar-refractivity contribution < 1.29 is 4.92 Å². The molecule has 1 aromatic heterocycles. The molecule has 1 saturated heterocycles. The van der Waals surface area contributed by atoms with Crippen LogP contribution in [0.4, 0.5) is 23.0 Å². The molecule has 0 unspecified atom stereocenters. The molecule has 27 heavy (non-hydrogen) atoms. The van der Waals surface area contributed by atoms with E-state index >= 15 is 0 Å². The zero-order valence-corrected chi connectivity index (χ0v) is 15.7. The highest BCUT2D eigenvalue weighted by atomic mass is 16.6. The zero-order valence-electron chi connectivity index (χ0n) is 15.7. The van der Waals surface area contributed by atoms with E-state index in [1.54, 1.807) is 0 Å². The summed E-state index contributed by atoms with van der Waals surface area (Å²) in [5.74, 6) is 0.790. The molecule has 2 aromatic rings. The van der Waals surface area contributed by atoms with E-state index in [2.05, 4.69) is 28.0 Å². The summed E-state index contributed by atoms with van der Waals surface area (Å²) in [6.07, 6.45) is 4.24.